The number of rotatable bonds is 11. The van der Waals surface area contributed by atoms with Crippen molar-refractivity contribution in [2.45, 2.75) is 19.4 Å². The predicted octanol–water partition coefficient (Wildman–Crippen LogP) is 3.34. The molecule has 2 aromatic rings. The standard InChI is InChI=1S/C26H36N2O4/c1-20-8-7-9-21(14-20)15-27-16-22(17-28(12-13-30-2)26(29)19-31-3)24(18-27)23-10-5-6-11-25(23)32-4/h5-11,14,22,24H,12-13,15-19H2,1-4H3/t22-,24+/m0/s1. The molecule has 0 spiro atoms. The molecule has 1 aliphatic rings. The van der Waals surface area contributed by atoms with Gasteiger partial charge >= 0.3 is 0 Å². The van der Waals surface area contributed by atoms with Gasteiger partial charge in [0.25, 0.3) is 0 Å². The van der Waals surface area contributed by atoms with Crippen LogP contribution in [0.5, 0.6) is 5.75 Å². The summed E-state index contributed by atoms with van der Waals surface area (Å²) in [6.45, 7) is 6.69. The zero-order valence-electron chi connectivity index (χ0n) is 19.8. The first-order valence-corrected chi connectivity index (χ1v) is 11.2. The molecule has 0 bridgehead atoms. The van der Waals surface area contributed by atoms with Gasteiger partial charge in [0.05, 0.1) is 13.7 Å². The summed E-state index contributed by atoms with van der Waals surface area (Å²) in [5, 5.41) is 0. The maximum absolute atomic E-state index is 12.7. The van der Waals surface area contributed by atoms with Crippen LogP contribution in [-0.4, -0.2) is 76.4 Å². The second kappa shape index (κ2) is 12.0. The third kappa shape index (κ3) is 6.31. The third-order valence-corrected chi connectivity index (χ3v) is 6.18. The van der Waals surface area contributed by atoms with E-state index in [1.807, 2.05) is 17.0 Å². The Morgan fingerprint density at radius 1 is 1.06 bits per heavy atom. The van der Waals surface area contributed by atoms with Crippen molar-refractivity contribution in [3.63, 3.8) is 0 Å². The number of benzene rings is 2. The second-order valence-electron chi connectivity index (χ2n) is 8.56. The lowest BCUT2D eigenvalue weighted by molar-refractivity contribution is -0.136. The molecule has 1 aliphatic heterocycles. The quantitative estimate of drug-likeness (QED) is 0.536. The van der Waals surface area contributed by atoms with E-state index in [0.29, 0.717) is 19.7 Å². The Kier molecular flexibility index (Phi) is 9.09. The number of carbonyl (C=O) groups is 1. The van der Waals surface area contributed by atoms with Crippen molar-refractivity contribution in [2.24, 2.45) is 5.92 Å². The van der Waals surface area contributed by atoms with E-state index in [4.69, 9.17) is 14.2 Å². The molecule has 3 rings (SSSR count). The number of para-hydroxylation sites is 1. The Morgan fingerprint density at radius 2 is 1.88 bits per heavy atom. The summed E-state index contributed by atoms with van der Waals surface area (Å²) in [5.74, 6) is 1.47. The molecule has 2 aromatic carbocycles. The smallest absolute Gasteiger partial charge is 0.248 e. The molecule has 174 valence electrons. The molecule has 1 heterocycles. The van der Waals surface area contributed by atoms with E-state index in [-0.39, 0.29) is 24.3 Å². The van der Waals surface area contributed by atoms with Crippen molar-refractivity contribution in [1.29, 1.82) is 0 Å². The van der Waals surface area contributed by atoms with Crippen molar-refractivity contribution in [3.05, 3.63) is 65.2 Å². The van der Waals surface area contributed by atoms with Crippen LogP contribution < -0.4 is 4.74 Å². The van der Waals surface area contributed by atoms with Crippen molar-refractivity contribution in [3.8, 4) is 5.75 Å². The van der Waals surface area contributed by atoms with Gasteiger partial charge in [0.1, 0.15) is 12.4 Å². The van der Waals surface area contributed by atoms with Crippen LogP contribution in [0.1, 0.15) is 22.6 Å². The van der Waals surface area contributed by atoms with Crippen molar-refractivity contribution in [1.82, 2.24) is 9.80 Å². The van der Waals surface area contributed by atoms with Gasteiger partial charge < -0.3 is 19.1 Å². The van der Waals surface area contributed by atoms with Crippen LogP contribution in [0.25, 0.3) is 0 Å². The van der Waals surface area contributed by atoms with E-state index in [0.717, 1.165) is 25.4 Å². The monoisotopic (exact) mass is 440 g/mol. The van der Waals surface area contributed by atoms with Gasteiger partial charge in [0, 0.05) is 52.9 Å². The Balaban J connectivity index is 1.84. The first kappa shape index (κ1) is 24.2. The maximum atomic E-state index is 12.7. The lowest BCUT2D eigenvalue weighted by Crippen LogP contribution is -2.41. The maximum Gasteiger partial charge on any atom is 0.248 e. The Morgan fingerprint density at radius 3 is 2.59 bits per heavy atom. The van der Waals surface area contributed by atoms with Gasteiger partial charge in [-0.2, -0.15) is 0 Å². The topological polar surface area (TPSA) is 51.2 Å². The molecule has 1 saturated heterocycles. The molecule has 0 saturated carbocycles. The first-order valence-electron chi connectivity index (χ1n) is 11.2. The molecule has 2 atom stereocenters. The lowest BCUT2D eigenvalue weighted by atomic mass is 9.88. The Hall–Kier alpha value is -2.41. The van der Waals surface area contributed by atoms with Crippen molar-refractivity contribution < 1.29 is 19.0 Å². The molecular formula is C26H36N2O4. The van der Waals surface area contributed by atoms with Crippen LogP contribution in [-0.2, 0) is 20.8 Å². The average Bonchev–Trinajstić information content (AvgIpc) is 3.18. The zero-order chi connectivity index (χ0) is 22.9. The van der Waals surface area contributed by atoms with Gasteiger partial charge in [-0.1, -0.05) is 48.0 Å². The Bertz CT molecular complexity index is 872. The molecule has 32 heavy (non-hydrogen) atoms. The summed E-state index contributed by atoms with van der Waals surface area (Å²) in [7, 11) is 4.94. The average molecular weight is 441 g/mol. The largest absolute Gasteiger partial charge is 0.496 e. The number of aryl methyl sites for hydroxylation is 1. The van der Waals surface area contributed by atoms with E-state index >= 15 is 0 Å². The molecular weight excluding hydrogens is 404 g/mol. The van der Waals surface area contributed by atoms with Crippen LogP contribution in [0.3, 0.4) is 0 Å². The predicted molar refractivity (Wildman–Crippen MR) is 126 cm³/mol. The third-order valence-electron chi connectivity index (χ3n) is 6.18. The first-order chi connectivity index (χ1) is 15.5. The molecule has 6 heteroatoms. The molecule has 1 fully saturated rings. The number of nitrogens with zero attached hydrogens (tertiary/aromatic N) is 2. The summed E-state index contributed by atoms with van der Waals surface area (Å²) in [5.41, 5.74) is 3.80. The minimum atomic E-state index is 0.000427. The number of hydrogen-bond acceptors (Lipinski definition) is 5. The van der Waals surface area contributed by atoms with Crippen molar-refractivity contribution in [2.75, 3.05) is 60.7 Å². The number of ether oxygens (including phenoxy) is 3. The van der Waals surface area contributed by atoms with E-state index in [1.165, 1.54) is 16.7 Å². The SMILES string of the molecule is COCCN(C[C@@H]1CN(Cc2cccc(C)c2)C[C@H]1c1ccccc1OC)C(=O)COC. The fourth-order valence-electron chi connectivity index (χ4n) is 4.69. The highest BCUT2D eigenvalue weighted by Crippen LogP contribution is 2.38. The minimum Gasteiger partial charge on any atom is -0.496 e. The van der Waals surface area contributed by atoms with E-state index in [9.17, 15) is 4.79 Å². The van der Waals surface area contributed by atoms with Crippen LogP contribution >= 0.6 is 0 Å². The number of likely N-dealkylation sites (tertiary alicyclic amines) is 1. The molecule has 0 aliphatic carbocycles. The zero-order valence-corrected chi connectivity index (χ0v) is 19.8. The summed E-state index contributed by atoms with van der Waals surface area (Å²) < 4.78 is 16.1. The van der Waals surface area contributed by atoms with Crippen LogP contribution in [0.2, 0.25) is 0 Å². The molecule has 0 radical (unpaired) electrons. The fraction of sp³-hybridized carbons (Fsp3) is 0.500. The summed E-state index contributed by atoms with van der Waals surface area (Å²) >= 11 is 0. The molecule has 1 amide bonds. The van der Waals surface area contributed by atoms with Gasteiger partial charge in [-0.15, -0.1) is 0 Å². The highest BCUT2D eigenvalue weighted by Gasteiger charge is 2.37. The van der Waals surface area contributed by atoms with E-state index < -0.39 is 0 Å². The number of hydrogen-bond donors (Lipinski definition) is 0. The van der Waals surface area contributed by atoms with Gasteiger partial charge in [-0.3, -0.25) is 9.69 Å². The normalized spacial score (nSPS) is 18.6. The van der Waals surface area contributed by atoms with Crippen LogP contribution in [0.15, 0.2) is 48.5 Å². The molecule has 0 unspecified atom stereocenters. The lowest BCUT2D eigenvalue weighted by Gasteiger charge is -2.29. The van der Waals surface area contributed by atoms with Crippen LogP contribution in [0, 0.1) is 12.8 Å². The highest BCUT2D eigenvalue weighted by atomic mass is 16.5. The second-order valence-corrected chi connectivity index (χ2v) is 8.56. The summed E-state index contributed by atoms with van der Waals surface area (Å²) in [4.78, 5) is 17.1. The molecule has 6 nitrogen and oxygen atoms in total. The Labute approximate surface area is 192 Å². The van der Waals surface area contributed by atoms with Gasteiger partial charge in [-0.25, -0.2) is 0 Å². The fourth-order valence-corrected chi connectivity index (χ4v) is 4.69. The number of methoxy groups -OCH3 is 3. The summed E-state index contributed by atoms with van der Waals surface area (Å²) in [6.07, 6.45) is 0. The molecule has 0 aromatic heterocycles. The van der Waals surface area contributed by atoms with E-state index in [2.05, 4.69) is 48.2 Å². The highest BCUT2D eigenvalue weighted by molar-refractivity contribution is 5.77. The van der Waals surface area contributed by atoms with Gasteiger partial charge in [0.2, 0.25) is 5.91 Å². The number of amides is 1. The van der Waals surface area contributed by atoms with Crippen molar-refractivity contribution >= 4 is 5.91 Å². The summed E-state index contributed by atoms with van der Waals surface area (Å²) in [6, 6.07) is 16.9. The number of carbonyl (C=O) groups excluding carboxylic acids is 1. The molecule has 0 N–H and O–H groups in total. The van der Waals surface area contributed by atoms with Gasteiger partial charge in [-0.05, 0) is 30.0 Å². The van der Waals surface area contributed by atoms with Crippen LogP contribution in [0.4, 0.5) is 0 Å². The van der Waals surface area contributed by atoms with Gasteiger partial charge in [0.15, 0.2) is 0 Å². The minimum absolute atomic E-state index is 0.000427. The van der Waals surface area contributed by atoms with E-state index in [1.54, 1.807) is 21.3 Å².